The zero-order valence-corrected chi connectivity index (χ0v) is 11.3. The number of benzene rings is 1. The Hall–Kier alpha value is -1.63. The van der Waals surface area contributed by atoms with Gasteiger partial charge in [-0.2, -0.15) is 0 Å². The quantitative estimate of drug-likeness (QED) is 0.714. The molecule has 4 N–H and O–H groups in total. The van der Waals surface area contributed by atoms with Gasteiger partial charge in [0, 0.05) is 24.5 Å². The predicted molar refractivity (Wildman–Crippen MR) is 69.8 cm³/mol. The second-order valence-electron chi connectivity index (χ2n) is 3.58. The van der Waals surface area contributed by atoms with E-state index in [9.17, 15) is 14.0 Å². The second kappa shape index (κ2) is 6.34. The first-order valence-corrected chi connectivity index (χ1v) is 5.98. The molecule has 0 heterocycles. The number of primary amides is 1. The summed E-state index contributed by atoms with van der Waals surface area (Å²) in [4.78, 5) is 21.8. The van der Waals surface area contributed by atoms with Crippen LogP contribution in [0.5, 0.6) is 0 Å². The third-order valence-electron chi connectivity index (χ3n) is 2.12. The van der Waals surface area contributed by atoms with Gasteiger partial charge in [0.1, 0.15) is 5.82 Å². The molecule has 0 fully saturated rings. The molecule has 0 saturated carbocycles. The number of hydrogen-bond donors (Lipinski definition) is 3. The average molecular weight is 318 g/mol. The molecule has 0 saturated heterocycles. The van der Waals surface area contributed by atoms with Gasteiger partial charge in [-0.3, -0.25) is 9.59 Å². The van der Waals surface area contributed by atoms with Gasteiger partial charge in [-0.05, 0) is 12.1 Å². The van der Waals surface area contributed by atoms with Crippen LogP contribution in [0.2, 0.25) is 0 Å². The van der Waals surface area contributed by atoms with Gasteiger partial charge in [-0.1, -0.05) is 15.9 Å². The summed E-state index contributed by atoms with van der Waals surface area (Å²) in [5, 5.41) is 5.42. The summed E-state index contributed by atoms with van der Waals surface area (Å²) in [5.74, 6) is -1.70. The van der Waals surface area contributed by atoms with Crippen LogP contribution in [0.15, 0.2) is 16.6 Å². The van der Waals surface area contributed by atoms with Crippen molar-refractivity contribution in [2.24, 2.45) is 5.73 Å². The Kier molecular flexibility index (Phi) is 5.08. The first kappa shape index (κ1) is 14.4. The van der Waals surface area contributed by atoms with Gasteiger partial charge in [0.05, 0.1) is 11.3 Å². The van der Waals surface area contributed by atoms with E-state index in [0.29, 0.717) is 23.2 Å². The SMILES string of the molecule is CC(=O)NCCNc1cc(Br)cc(F)c1C(N)=O. The Morgan fingerprint density at radius 2 is 2.06 bits per heavy atom. The monoisotopic (exact) mass is 317 g/mol. The van der Waals surface area contributed by atoms with Crippen molar-refractivity contribution in [2.45, 2.75) is 6.92 Å². The third-order valence-corrected chi connectivity index (χ3v) is 2.57. The van der Waals surface area contributed by atoms with Crippen molar-refractivity contribution in [3.05, 3.63) is 28.0 Å². The smallest absolute Gasteiger partial charge is 0.253 e. The number of amides is 2. The molecule has 1 rings (SSSR count). The van der Waals surface area contributed by atoms with Crippen LogP contribution in [0.1, 0.15) is 17.3 Å². The molecule has 7 heteroatoms. The van der Waals surface area contributed by atoms with Crippen molar-refractivity contribution in [3.8, 4) is 0 Å². The maximum absolute atomic E-state index is 13.6. The third kappa shape index (κ3) is 3.99. The number of carbonyl (C=O) groups excluding carboxylic acids is 2. The molecule has 98 valence electrons. The number of rotatable bonds is 5. The van der Waals surface area contributed by atoms with E-state index < -0.39 is 11.7 Å². The Labute approximate surface area is 112 Å². The summed E-state index contributed by atoms with van der Waals surface area (Å²) >= 11 is 3.13. The molecule has 0 aromatic heterocycles. The molecular weight excluding hydrogens is 305 g/mol. The summed E-state index contributed by atoms with van der Waals surface area (Å²) in [6, 6.07) is 2.72. The molecule has 0 spiro atoms. The molecule has 0 bridgehead atoms. The van der Waals surface area contributed by atoms with Crippen molar-refractivity contribution >= 4 is 33.4 Å². The molecule has 5 nitrogen and oxygen atoms in total. The molecule has 0 atom stereocenters. The minimum Gasteiger partial charge on any atom is -0.383 e. The number of nitrogens with one attached hydrogen (secondary N) is 2. The lowest BCUT2D eigenvalue weighted by atomic mass is 10.1. The summed E-state index contributed by atoms with van der Waals surface area (Å²) in [6.07, 6.45) is 0. The lowest BCUT2D eigenvalue weighted by Crippen LogP contribution is -2.27. The van der Waals surface area contributed by atoms with Crippen LogP contribution >= 0.6 is 15.9 Å². The fourth-order valence-electron chi connectivity index (χ4n) is 1.40. The molecule has 0 aliphatic heterocycles. The number of halogens is 2. The normalized spacial score (nSPS) is 9.94. The Bertz CT molecular complexity index is 480. The Morgan fingerprint density at radius 1 is 1.39 bits per heavy atom. The molecule has 0 unspecified atom stereocenters. The molecule has 1 aromatic carbocycles. The van der Waals surface area contributed by atoms with Crippen molar-refractivity contribution < 1.29 is 14.0 Å². The van der Waals surface area contributed by atoms with Crippen molar-refractivity contribution in [1.82, 2.24) is 5.32 Å². The van der Waals surface area contributed by atoms with Gasteiger partial charge < -0.3 is 16.4 Å². The minimum absolute atomic E-state index is 0.160. The molecule has 0 aliphatic rings. The van der Waals surface area contributed by atoms with Crippen LogP contribution in [0.25, 0.3) is 0 Å². The first-order valence-electron chi connectivity index (χ1n) is 5.19. The lowest BCUT2D eigenvalue weighted by Gasteiger charge is -2.11. The van der Waals surface area contributed by atoms with Crippen LogP contribution in [0.3, 0.4) is 0 Å². The lowest BCUT2D eigenvalue weighted by molar-refractivity contribution is -0.118. The predicted octanol–water partition coefficient (Wildman–Crippen LogP) is 1.24. The van der Waals surface area contributed by atoms with Crippen molar-refractivity contribution in [2.75, 3.05) is 18.4 Å². The summed E-state index contributed by atoms with van der Waals surface area (Å²) < 4.78 is 14.1. The molecule has 0 radical (unpaired) electrons. The first-order chi connectivity index (χ1) is 8.41. The topological polar surface area (TPSA) is 84.2 Å². The van der Waals surface area contributed by atoms with E-state index in [-0.39, 0.29) is 11.5 Å². The van der Waals surface area contributed by atoms with Gasteiger partial charge in [0.15, 0.2) is 0 Å². The van der Waals surface area contributed by atoms with E-state index in [0.717, 1.165) is 0 Å². The minimum atomic E-state index is -0.845. The van der Waals surface area contributed by atoms with Gasteiger partial charge in [-0.25, -0.2) is 4.39 Å². The number of carbonyl (C=O) groups is 2. The molecular formula is C11H13BrFN3O2. The van der Waals surface area contributed by atoms with Crippen LogP contribution < -0.4 is 16.4 Å². The highest BCUT2D eigenvalue weighted by atomic mass is 79.9. The molecule has 0 aliphatic carbocycles. The van der Waals surface area contributed by atoms with E-state index in [1.54, 1.807) is 6.07 Å². The second-order valence-corrected chi connectivity index (χ2v) is 4.50. The van der Waals surface area contributed by atoms with E-state index in [1.807, 2.05) is 0 Å². The summed E-state index contributed by atoms with van der Waals surface area (Å²) in [6.45, 7) is 2.12. The molecule has 1 aromatic rings. The largest absolute Gasteiger partial charge is 0.383 e. The highest BCUT2D eigenvalue weighted by molar-refractivity contribution is 9.10. The fourth-order valence-corrected chi connectivity index (χ4v) is 1.83. The van der Waals surface area contributed by atoms with Crippen LogP contribution in [0.4, 0.5) is 10.1 Å². The van der Waals surface area contributed by atoms with Crippen LogP contribution in [-0.4, -0.2) is 24.9 Å². The number of nitrogens with two attached hydrogens (primary N) is 1. The van der Waals surface area contributed by atoms with Crippen LogP contribution in [-0.2, 0) is 4.79 Å². The van der Waals surface area contributed by atoms with Crippen LogP contribution in [0, 0.1) is 5.82 Å². The van der Waals surface area contributed by atoms with Gasteiger partial charge >= 0.3 is 0 Å². The zero-order chi connectivity index (χ0) is 13.7. The van der Waals surface area contributed by atoms with Crippen molar-refractivity contribution in [1.29, 1.82) is 0 Å². The van der Waals surface area contributed by atoms with E-state index >= 15 is 0 Å². The van der Waals surface area contributed by atoms with Gasteiger partial charge in [0.2, 0.25) is 5.91 Å². The highest BCUT2D eigenvalue weighted by Gasteiger charge is 2.15. The summed E-state index contributed by atoms with van der Waals surface area (Å²) in [7, 11) is 0. The standard InChI is InChI=1S/C11H13BrFN3O2/c1-6(17)15-2-3-16-9-5-7(12)4-8(13)10(9)11(14)18/h4-5,16H,2-3H2,1H3,(H2,14,18)(H,15,17). The number of anilines is 1. The highest BCUT2D eigenvalue weighted by Crippen LogP contribution is 2.24. The van der Waals surface area contributed by atoms with Gasteiger partial charge in [-0.15, -0.1) is 0 Å². The average Bonchev–Trinajstić information content (AvgIpc) is 2.22. The number of hydrogen-bond acceptors (Lipinski definition) is 3. The summed E-state index contributed by atoms with van der Waals surface area (Å²) in [5.41, 5.74) is 5.21. The zero-order valence-electron chi connectivity index (χ0n) is 9.72. The Morgan fingerprint density at radius 3 is 2.61 bits per heavy atom. The van der Waals surface area contributed by atoms with Gasteiger partial charge in [0.25, 0.3) is 5.91 Å². The van der Waals surface area contributed by atoms with E-state index in [2.05, 4.69) is 26.6 Å². The maximum atomic E-state index is 13.6. The van der Waals surface area contributed by atoms with E-state index in [1.165, 1.54) is 13.0 Å². The van der Waals surface area contributed by atoms with Crippen molar-refractivity contribution in [3.63, 3.8) is 0 Å². The fraction of sp³-hybridized carbons (Fsp3) is 0.273. The molecule has 2 amide bonds. The van der Waals surface area contributed by atoms with E-state index in [4.69, 9.17) is 5.73 Å². The Balaban J connectivity index is 2.80. The maximum Gasteiger partial charge on any atom is 0.253 e. The molecule has 18 heavy (non-hydrogen) atoms.